The topological polar surface area (TPSA) is 24.4 Å². The minimum absolute atomic E-state index is 0.273. The molecular formula is C17H11FN2. The van der Waals surface area contributed by atoms with Crippen molar-refractivity contribution in [3.05, 3.63) is 72.0 Å². The van der Waals surface area contributed by atoms with Crippen molar-refractivity contribution in [3.8, 4) is 0 Å². The van der Waals surface area contributed by atoms with Gasteiger partial charge in [-0.15, -0.1) is 0 Å². The lowest BCUT2D eigenvalue weighted by Gasteiger charge is -2.19. The molecule has 0 spiro atoms. The lowest BCUT2D eigenvalue weighted by molar-refractivity contribution is 0.625. The van der Waals surface area contributed by atoms with E-state index in [1.807, 2.05) is 42.5 Å². The number of nitrogens with one attached hydrogen (secondary N) is 1. The predicted octanol–water partition coefficient (Wildman–Crippen LogP) is 4.48. The summed E-state index contributed by atoms with van der Waals surface area (Å²) < 4.78 is 13.9. The summed E-state index contributed by atoms with van der Waals surface area (Å²) in [5.41, 5.74) is 2.32. The standard InChI is InChI=1S/C17H11FN2/c18-13-8-2-1-7-12(13)17-19-14-9-3-5-11-6-4-10-15(20-17)16(11)14/h1-10H,(H,19,20). The fourth-order valence-corrected chi connectivity index (χ4v) is 2.58. The Kier molecular flexibility index (Phi) is 2.33. The van der Waals surface area contributed by atoms with Crippen LogP contribution in [0.5, 0.6) is 0 Å². The van der Waals surface area contributed by atoms with E-state index >= 15 is 0 Å². The van der Waals surface area contributed by atoms with E-state index < -0.39 is 0 Å². The molecular weight excluding hydrogens is 251 g/mol. The van der Waals surface area contributed by atoms with Gasteiger partial charge in [-0.25, -0.2) is 9.38 Å². The summed E-state index contributed by atoms with van der Waals surface area (Å²) in [7, 11) is 0. The zero-order chi connectivity index (χ0) is 13.5. The first-order valence-electron chi connectivity index (χ1n) is 6.45. The van der Waals surface area contributed by atoms with Gasteiger partial charge in [0.25, 0.3) is 0 Å². The number of halogens is 1. The number of anilines is 1. The third kappa shape index (κ3) is 1.60. The van der Waals surface area contributed by atoms with Gasteiger partial charge in [-0.05, 0) is 29.7 Å². The second-order valence-corrected chi connectivity index (χ2v) is 4.75. The van der Waals surface area contributed by atoms with Crippen LogP contribution in [0.4, 0.5) is 15.8 Å². The molecule has 0 radical (unpaired) electrons. The molecule has 0 saturated carbocycles. The number of aliphatic imine (C=N–C) groups is 1. The zero-order valence-electron chi connectivity index (χ0n) is 10.6. The maximum Gasteiger partial charge on any atom is 0.141 e. The van der Waals surface area contributed by atoms with Gasteiger partial charge in [0.2, 0.25) is 0 Å². The molecule has 1 aliphatic rings. The van der Waals surface area contributed by atoms with Crippen molar-refractivity contribution in [2.45, 2.75) is 0 Å². The molecule has 3 heteroatoms. The van der Waals surface area contributed by atoms with Crippen LogP contribution in [0.1, 0.15) is 5.56 Å². The number of nitrogens with zero attached hydrogens (tertiary/aromatic N) is 1. The van der Waals surface area contributed by atoms with E-state index in [1.165, 1.54) is 6.07 Å². The van der Waals surface area contributed by atoms with E-state index in [2.05, 4.69) is 10.3 Å². The fraction of sp³-hybridized carbons (Fsp3) is 0. The number of hydrogen-bond donors (Lipinski definition) is 1. The average molecular weight is 262 g/mol. The minimum Gasteiger partial charge on any atom is -0.339 e. The molecule has 3 aromatic carbocycles. The van der Waals surface area contributed by atoms with Gasteiger partial charge >= 0.3 is 0 Å². The molecule has 0 bridgehead atoms. The van der Waals surface area contributed by atoms with Gasteiger partial charge in [-0.3, -0.25) is 0 Å². The number of benzene rings is 3. The van der Waals surface area contributed by atoms with Crippen molar-refractivity contribution in [1.29, 1.82) is 0 Å². The van der Waals surface area contributed by atoms with Gasteiger partial charge in [-0.2, -0.15) is 0 Å². The molecule has 3 aromatic rings. The number of hydrogen-bond acceptors (Lipinski definition) is 2. The van der Waals surface area contributed by atoms with Crippen molar-refractivity contribution in [2.24, 2.45) is 4.99 Å². The van der Waals surface area contributed by atoms with Crippen LogP contribution in [0.15, 0.2) is 65.7 Å². The van der Waals surface area contributed by atoms with Crippen LogP contribution in [0.2, 0.25) is 0 Å². The molecule has 1 N–H and O–H groups in total. The fourth-order valence-electron chi connectivity index (χ4n) is 2.58. The zero-order valence-corrected chi connectivity index (χ0v) is 10.6. The SMILES string of the molecule is Fc1ccccc1C1=Nc2cccc3cccc(c23)N1. The van der Waals surface area contributed by atoms with Crippen molar-refractivity contribution in [2.75, 3.05) is 5.32 Å². The predicted molar refractivity (Wildman–Crippen MR) is 80.2 cm³/mol. The van der Waals surface area contributed by atoms with Gasteiger partial charge < -0.3 is 5.32 Å². The van der Waals surface area contributed by atoms with Gasteiger partial charge in [0, 0.05) is 11.1 Å². The first-order valence-corrected chi connectivity index (χ1v) is 6.45. The lowest BCUT2D eigenvalue weighted by Crippen LogP contribution is -2.17. The Morgan fingerprint density at radius 3 is 2.50 bits per heavy atom. The molecule has 1 aliphatic heterocycles. The number of rotatable bonds is 1. The largest absolute Gasteiger partial charge is 0.339 e. The van der Waals surface area contributed by atoms with Gasteiger partial charge in [-0.1, -0.05) is 36.4 Å². The van der Waals surface area contributed by atoms with Crippen LogP contribution in [0, 0.1) is 5.82 Å². The number of amidine groups is 1. The van der Waals surface area contributed by atoms with Crippen molar-refractivity contribution in [1.82, 2.24) is 0 Å². The highest BCUT2D eigenvalue weighted by Crippen LogP contribution is 2.36. The Morgan fingerprint density at radius 1 is 0.850 bits per heavy atom. The molecule has 96 valence electrons. The van der Waals surface area contributed by atoms with Crippen LogP contribution in [-0.4, -0.2) is 5.84 Å². The smallest absolute Gasteiger partial charge is 0.141 e. The van der Waals surface area contributed by atoms with E-state index in [1.54, 1.807) is 12.1 Å². The summed E-state index contributed by atoms with van der Waals surface area (Å²) in [4.78, 5) is 4.56. The Balaban J connectivity index is 1.97. The Bertz CT molecular complexity index is 847. The highest BCUT2D eigenvalue weighted by atomic mass is 19.1. The Morgan fingerprint density at radius 2 is 1.65 bits per heavy atom. The summed E-state index contributed by atoms with van der Waals surface area (Å²) in [5.74, 6) is 0.277. The molecule has 0 unspecified atom stereocenters. The lowest BCUT2D eigenvalue weighted by atomic mass is 10.0. The van der Waals surface area contributed by atoms with Gasteiger partial charge in [0.15, 0.2) is 0 Å². The highest BCUT2D eigenvalue weighted by molar-refractivity contribution is 6.19. The summed E-state index contributed by atoms with van der Waals surface area (Å²) in [6.07, 6.45) is 0. The summed E-state index contributed by atoms with van der Waals surface area (Å²) in [5, 5.41) is 5.44. The molecule has 0 saturated heterocycles. The van der Waals surface area contributed by atoms with E-state index in [4.69, 9.17) is 0 Å². The Labute approximate surface area is 115 Å². The second-order valence-electron chi connectivity index (χ2n) is 4.75. The quantitative estimate of drug-likeness (QED) is 0.687. The molecule has 0 atom stereocenters. The highest BCUT2D eigenvalue weighted by Gasteiger charge is 2.17. The van der Waals surface area contributed by atoms with Gasteiger partial charge in [0.05, 0.1) is 11.3 Å². The molecule has 2 nitrogen and oxygen atoms in total. The van der Waals surface area contributed by atoms with Crippen LogP contribution >= 0.6 is 0 Å². The van der Waals surface area contributed by atoms with Crippen molar-refractivity contribution < 1.29 is 4.39 Å². The van der Waals surface area contributed by atoms with Crippen LogP contribution in [0.3, 0.4) is 0 Å². The van der Waals surface area contributed by atoms with E-state index in [0.717, 1.165) is 22.1 Å². The Hall–Kier alpha value is -2.68. The van der Waals surface area contributed by atoms with Crippen LogP contribution in [-0.2, 0) is 0 Å². The van der Waals surface area contributed by atoms with Gasteiger partial charge in [0.1, 0.15) is 11.7 Å². The molecule has 1 heterocycles. The van der Waals surface area contributed by atoms with E-state index in [-0.39, 0.29) is 5.82 Å². The molecule has 4 rings (SSSR count). The van der Waals surface area contributed by atoms with Crippen molar-refractivity contribution in [3.63, 3.8) is 0 Å². The first kappa shape index (κ1) is 11.2. The third-order valence-electron chi connectivity index (χ3n) is 3.50. The first-order chi connectivity index (χ1) is 9.83. The van der Waals surface area contributed by atoms with Crippen LogP contribution in [0.25, 0.3) is 10.8 Å². The molecule has 0 amide bonds. The summed E-state index contributed by atoms with van der Waals surface area (Å²) >= 11 is 0. The van der Waals surface area contributed by atoms with E-state index in [0.29, 0.717) is 11.4 Å². The summed E-state index contributed by atoms with van der Waals surface area (Å²) in [6.45, 7) is 0. The summed E-state index contributed by atoms with van der Waals surface area (Å²) in [6, 6.07) is 18.7. The maximum absolute atomic E-state index is 13.9. The van der Waals surface area contributed by atoms with Crippen molar-refractivity contribution >= 4 is 28.0 Å². The third-order valence-corrected chi connectivity index (χ3v) is 3.50. The molecule has 0 fully saturated rings. The molecule has 0 aliphatic carbocycles. The minimum atomic E-state index is -0.273. The normalized spacial score (nSPS) is 12.9. The maximum atomic E-state index is 13.9. The van der Waals surface area contributed by atoms with Crippen LogP contribution < -0.4 is 5.32 Å². The van der Waals surface area contributed by atoms with E-state index in [9.17, 15) is 4.39 Å². The average Bonchev–Trinajstić information content (AvgIpc) is 2.48. The molecule has 0 aromatic heterocycles. The molecule has 20 heavy (non-hydrogen) atoms. The monoisotopic (exact) mass is 262 g/mol. The second kappa shape index (κ2) is 4.17.